The van der Waals surface area contributed by atoms with Crippen molar-refractivity contribution in [3.63, 3.8) is 0 Å². The molecule has 0 aromatic rings. The van der Waals surface area contributed by atoms with Gasteiger partial charge in [-0.1, -0.05) is 363 Å². The van der Waals surface area contributed by atoms with Crippen LogP contribution in [0.2, 0.25) is 0 Å². The van der Waals surface area contributed by atoms with Gasteiger partial charge in [-0.3, -0.25) is 37.3 Å². The Kier molecular flexibility index (Phi) is 69.3. The number of rotatable bonds is 78. The molecule has 3 N–H and O–H groups in total. The van der Waals surface area contributed by atoms with Crippen molar-refractivity contribution in [2.45, 2.75) is 432 Å². The minimum Gasteiger partial charge on any atom is -0.462 e. The Morgan fingerprint density at radius 3 is 0.724 bits per heavy atom. The van der Waals surface area contributed by atoms with Gasteiger partial charge in [0.2, 0.25) is 0 Å². The van der Waals surface area contributed by atoms with Crippen LogP contribution in [0.15, 0.2) is 0 Å². The highest BCUT2D eigenvalue weighted by Gasteiger charge is 2.30. The first-order chi connectivity index (χ1) is 47.4. The lowest BCUT2D eigenvalue weighted by atomic mass is 9.99. The van der Waals surface area contributed by atoms with Gasteiger partial charge < -0.3 is 33.8 Å². The molecule has 98 heavy (non-hydrogen) atoms. The van der Waals surface area contributed by atoms with Gasteiger partial charge in [-0.15, -0.1) is 0 Å². The van der Waals surface area contributed by atoms with E-state index < -0.39 is 97.5 Å². The predicted octanol–water partition coefficient (Wildman–Crippen LogP) is 23.5. The summed E-state index contributed by atoms with van der Waals surface area (Å²) < 4.78 is 68.6. The third-order valence-electron chi connectivity index (χ3n) is 19.2. The molecule has 0 aliphatic rings. The lowest BCUT2D eigenvalue weighted by Crippen LogP contribution is -2.30. The van der Waals surface area contributed by atoms with Crippen molar-refractivity contribution in [1.29, 1.82) is 0 Å². The topological polar surface area (TPSA) is 237 Å². The molecule has 0 fully saturated rings. The van der Waals surface area contributed by atoms with E-state index in [1.54, 1.807) is 0 Å². The summed E-state index contributed by atoms with van der Waals surface area (Å²) in [4.78, 5) is 72.9. The van der Waals surface area contributed by atoms with E-state index >= 15 is 0 Å². The van der Waals surface area contributed by atoms with Crippen LogP contribution in [0.3, 0.4) is 0 Å². The summed E-state index contributed by atoms with van der Waals surface area (Å²) in [5, 5.41) is 10.6. The molecule has 0 saturated carbocycles. The van der Waals surface area contributed by atoms with Gasteiger partial charge in [0.1, 0.15) is 19.3 Å². The molecule has 0 aliphatic heterocycles. The molecule has 0 radical (unpaired) electrons. The van der Waals surface area contributed by atoms with Crippen LogP contribution >= 0.6 is 15.6 Å². The Morgan fingerprint density at radius 2 is 0.490 bits per heavy atom. The van der Waals surface area contributed by atoms with Crippen molar-refractivity contribution in [3.05, 3.63) is 0 Å². The number of carbonyl (C=O) groups is 4. The molecule has 0 aromatic carbocycles. The summed E-state index contributed by atoms with van der Waals surface area (Å²) >= 11 is 0. The van der Waals surface area contributed by atoms with E-state index in [-0.39, 0.29) is 25.7 Å². The maximum Gasteiger partial charge on any atom is 0.472 e. The molecular weight excluding hydrogens is 1280 g/mol. The first kappa shape index (κ1) is 96.1. The summed E-state index contributed by atoms with van der Waals surface area (Å²) in [5.74, 6) is -0.462. The molecule has 17 nitrogen and oxygen atoms in total. The summed E-state index contributed by atoms with van der Waals surface area (Å²) in [6.07, 6.45) is 59.5. The minimum atomic E-state index is -4.96. The minimum absolute atomic E-state index is 0.106. The number of aliphatic hydroxyl groups is 1. The standard InChI is InChI=1S/C79H154O17P2/c1-7-11-13-15-17-19-20-21-22-23-24-28-31-38-44-50-56-62-77(82)90-68-75(95-78(83)63-57-51-45-39-32-29-26-25-27-30-36-41-47-53-59-71(5)9-3)70-94-98(87,88)92-66-73(80)65-91-97(85,86)93-69-74(67-89-76(81)61-55-49-43-35-18-16-14-12-8-2)96-79(84)64-58-52-46-40-34-33-37-42-48-54-60-72(6)10-4/h71-75,80H,7-70H2,1-6H3,(H,85,86)(H,87,88)/t71?,72?,73-,74+,75+/m0/s1. The maximum atomic E-state index is 13.1. The average molecular weight is 1440 g/mol. The number of phosphoric ester groups is 2. The van der Waals surface area contributed by atoms with Gasteiger partial charge in [0, 0.05) is 25.7 Å². The summed E-state index contributed by atoms with van der Waals surface area (Å²) in [7, 11) is -9.91. The monoisotopic (exact) mass is 1440 g/mol. The van der Waals surface area contributed by atoms with Crippen LogP contribution in [0.4, 0.5) is 0 Å². The van der Waals surface area contributed by atoms with Gasteiger partial charge in [0.15, 0.2) is 12.2 Å². The molecule has 0 amide bonds. The molecule has 0 rings (SSSR count). The molecule has 0 aliphatic carbocycles. The summed E-state index contributed by atoms with van der Waals surface area (Å²) in [6, 6.07) is 0. The molecule has 0 saturated heterocycles. The molecule has 0 heterocycles. The van der Waals surface area contributed by atoms with E-state index in [1.807, 2.05) is 0 Å². The van der Waals surface area contributed by atoms with Crippen molar-refractivity contribution < 1.29 is 80.2 Å². The van der Waals surface area contributed by atoms with Crippen LogP contribution in [-0.2, 0) is 65.4 Å². The van der Waals surface area contributed by atoms with E-state index in [2.05, 4.69) is 41.5 Å². The quantitative estimate of drug-likeness (QED) is 0.0222. The van der Waals surface area contributed by atoms with Crippen molar-refractivity contribution in [1.82, 2.24) is 0 Å². The van der Waals surface area contributed by atoms with Crippen LogP contribution in [-0.4, -0.2) is 96.7 Å². The van der Waals surface area contributed by atoms with E-state index in [9.17, 15) is 43.2 Å². The molecule has 4 unspecified atom stereocenters. The zero-order valence-corrected chi connectivity index (χ0v) is 65.9. The van der Waals surface area contributed by atoms with Gasteiger partial charge in [-0.25, -0.2) is 9.13 Å². The van der Waals surface area contributed by atoms with Crippen LogP contribution in [0.1, 0.15) is 414 Å². The maximum absolute atomic E-state index is 13.1. The van der Waals surface area contributed by atoms with Gasteiger partial charge in [-0.2, -0.15) is 0 Å². The van der Waals surface area contributed by atoms with Gasteiger partial charge >= 0.3 is 39.5 Å². The molecule has 19 heteroatoms. The fourth-order valence-electron chi connectivity index (χ4n) is 12.1. The highest BCUT2D eigenvalue weighted by molar-refractivity contribution is 7.47. The van der Waals surface area contributed by atoms with Crippen molar-refractivity contribution in [2.75, 3.05) is 39.6 Å². The largest absolute Gasteiger partial charge is 0.472 e. The highest BCUT2D eigenvalue weighted by Crippen LogP contribution is 2.45. The number of phosphoric acid groups is 2. The second kappa shape index (κ2) is 70.7. The number of hydrogen-bond acceptors (Lipinski definition) is 15. The number of esters is 4. The summed E-state index contributed by atoms with van der Waals surface area (Å²) in [6.45, 7) is 9.69. The highest BCUT2D eigenvalue weighted by atomic mass is 31.2. The fourth-order valence-corrected chi connectivity index (χ4v) is 13.7. The van der Waals surface area contributed by atoms with E-state index in [0.29, 0.717) is 25.7 Å². The number of ether oxygens (including phenoxy) is 4. The molecule has 582 valence electrons. The van der Waals surface area contributed by atoms with Crippen LogP contribution in [0.25, 0.3) is 0 Å². The zero-order chi connectivity index (χ0) is 72.1. The zero-order valence-electron chi connectivity index (χ0n) is 64.1. The number of carbonyl (C=O) groups excluding carboxylic acids is 4. The first-order valence-corrected chi connectivity index (χ1v) is 44.1. The number of unbranched alkanes of at least 4 members (excludes halogenated alkanes) is 46. The molecule has 0 spiro atoms. The Hall–Kier alpha value is -1.94. The van der Waals surface area contributed by atoms with Crippen LogP contribution in [0, 0.1) is 11.8 Å². The normalized spacial score (nSPS) is 14.5. The second-order valence-corrected chi connectivity index (χ2v) is 31.8. The van der Waals surface area contributed by atoms with Crippen molar-refractivity contribution >= 4 is 39.5 Å². The van der Waals surface area contributed by atoms with Crippen LogP contribution < -0.4 is 0 Å². The van der Waals surface area contributed by atoms with Crippen molar-refractivity contribution in [3.8, 4) is 0 Å². The van der Waals surface area contributed by atoms with Gasteiger partial charge in [0.05, 0.1) is 26.4 Å². The molecule has 0 aromatic heterocycles. The van der Waals surface area contributed by atoms with Gasteiger partial charge in [0.25, 0.3) is 0 Å². The third-order valence-corrected chi connectivity index (χ3v) is 21.1. The summed E-state index contributed by atoms with van der Waals surface area (Å²) in [5.41, 5.74) is 0. The lowest BCUT2D eigenvalue weighted by molar-refractivity contribution is -0.161. The van der Waals surface area contributed by atoms with E-state index in [1.165, 1.54) is 231 Å². The third kappa shape index (κ3) is 69.8. The van der Waals surface area contributed by atoms with Crippen molar-refractivity contribution in [2.24, 2.45) is 11.8 Å². The molecule has 7 atom stereocenters. The molecular formula is C79H154O17P2. The number of hydrogen-bond donors (Lipinski definition) is 3. The van der Waals surface area contributed by atoms with E-state index in [4.69, 9.17) is 37.0 Å². The van der Waals surface area contributed by atoms with Gasteiger partial charge in [-0.05, 0) is 37.5 Å². The smallest absolute Gasteiger partial charge is 0.462 e. The Balaban J connectivity index is 5.24. The first-order valence-electron chi connectivity index (χ1n) is 41.1. The van der Waals surface area contributed by atoms with Crippen LogP contribution in [0.5, 0.6) is 0 Å². The predicted molar refractivity (Wildman–Crippen MR) is 400 cm³/mol. The average Bonchev–Trinajstić information content (AvgIpc) is 1.14. The molecule has 0 bridgehead atoms. The Bertz CT molecular complexity index is 1890. The Labute approximate surface area is 600 Å². The number of aliphatic hydroxyl groups excluding tert-OH is 1. The lowest BCUT2D eigenvalue weighted by Gasteiger charge is -2.21. The van der Waals surface area contributed by atoms with E-state index in [0.717, 1.165) is 102 Å². The fraction of sp³-hybridized carbons (Fsp3) is 0.949. The second-order valence-electron chi connectivity index (χ2n) is 28.9. The Morgan fingerprint density at radius 1 is 0.286 bits per heavy atom. The SMILES string of the molecule is CCCCCCCCCCCCCCCCCCCC(=O)OC[C@H](COP(=O)(O)OC[C@@H](O)COP(=O)(O)OC[C@@H](COC(=O)CCCCCCCCCCC)OC(=O)CCCCCCCCCCCCC(C)CC)OC(=O)CCCCCCCCCCCCCCCCC(C)CC.